The number of nitrogens with zero attached hydrogens (tertiary/aromatic N) is 1. The summed E-state index contributed by atoms with van der Waals surface area (Å²) in [7, 11) is 0. The molecule has 0 bridgehead atoms. The summed E-state index contributed by atoms with van der Waals surface area (Å²) in [6, 6.07) is 8.99. The number of aliphatic hydroxyl groups excluding tert-OH is 1. The standard InChI is InChI=1S/C13H16N2O3S/c16-11(10-4-2-1-3-5-10)8-19-9-12(17)15-7-6-14-13(15)18/h1-5,11,16H,6-9H2,(H,14,18)/t11-/m0/s1. The number of imide groups is 1. The van der Waals surface area contributed by atoms with Crippen molar-refractivity contribution in [2.45, 2.75) is 6.10 Å². The summed E-state index contributed by atoms with van der Waals surface area (Å²) in [5, 5.41) is 12.5. The van der Waals surface area contributed by atoms with Crippen molar-refractivity contribution in [1.82, 2.24) is 10.2 Å². The Bertz CT molecular complexity index is 452. The smallest absolute Gasteiger partial charge is 0.324 e. The zero-order chi connectivity index (χ0) is 13.7. The molecule has 1 aliphatic heterocycles. The first-order valence-electron chi connectivity index (χ1n) is 6.07. The first-order chi connectivity index (χ1) is 9.18. The second kappa shape index (κ2) is 6.58. The van der Waals surface area contributed by atoms with Crippen molar-refractivity contribution in [2.75, 3.05) is 24.6 Å². The van der Waals surface area contributed by atoms with E-state index in [0.717, 1.165) is 5.56 Å². The summed E-state index contributed by atoms with van der Waals surface area (Å²) in [5.41, 5.74) is 0.835. The summed E-state index contributed by atoms with van der Waals surface area (Å²) >= 11 is 1.33. The van der Waals surface area contributed by atoms with Crippen molar-refractivity contribution in [1.29, 1.82) is 0 Å². The highest BCUT2D eigenvalue weighted by Crippen LogP contribution is 2.18. The highest BCUT2D eigenvalue weighted by molar-refractivity contribution is 7.99. The molecule has 1 heterocycles. The van der Waals surface area contributed by atoms with Gasteiger partial charge in [0.05, 0.1) is 11.9 Å². The van der Waals surface area contributed by atoms with Crippen molar-refractivity contribution in [3.63, 3.8) is 0 Å². The minimum Gasteiger partial charge on any atom is -0.388 e. The molecule has 1 saturated heterocycles. The lowest BCUT2D eigenvalue weighted by Gasteiger charge is -2.13. The number of rotatable bonds is 5. The van der Waals surface area contributed by atoms with E-state index in [2.05, 4.69) is 5.32 Å². The van der Waals surface area contributed by atoms with Crippen molar-refractivity contribution in [3.8, 4) is 0 Å². The number of carbonyl (C=O) groups excluding carboxylic acids is 2. The summed E-state index contributed by atoms with van der Waals surface area (Å²) in [6.45, 7) is 0.946. The van der Waals surface area contributed by atoms with Crippen LogP contribution >= 0.6 is 11.8 Å². The second-order valence-corrected chi connectivity index (χ2v) is 5.25. The lowest BCUT2D eigenvalue weighted by molar-refractivity contribution is -0.124. The number of thioether (sulfide) groups is 1. The zero-order valence-electron chi connectivity index (χ0n) is 10.4. The van der Waals surface area contributed by atoms with Gasteiger partial charge in [0.2, 0.25) is 5.91 Å². The maximum Gasteiger partial charge on any atom is 0.324 e. The lowest BCUT2D eigenvalue weighted by Crippen LogP contribution is -2.35. The number of hydrogen-bond donors (Lipinski definition) is 2. The van der Waals surface area contributed by atoms with Gasteiger partial charge in [0.1, 0.15) is 0 Å². The largest absolute Gasteiger partial charge is 0.388 e. The van der Waals surface area contributed by atoms with Crippen LogP contribution in [0, 0.1) is 0 Å². The van der Waals surface area contributed by atoms with Crippen molar-refractivity contribution < 1.29 is 14.7 Å². The molecule has 5 nitrogen and oxygen atoms in total. The Morgan fingerprint density at radius 3 is 2.79 bits per heavy atom. The van der Waals surface area contributed by atoms with Crippen LogP contribution in [-0.4, -0.2) is 46.5 Å². The number of nitrogens with one attached hydrogen (secondary N) is 1. The molecular weight excluding hydrogens is 264 g/mol. The van der Waals surface area contributed by atoms with E-state index in [1.807, 2.05) is 30.3 Å². The minimum absolute atomic E-state index is 0.206. The molecule has 6 heteroatoms. The molecule has 2 N–H and O–H groups in total. The van der Waals surface area contributed by atoms with Gasteiger partial charge in [-0.15, -0.1) is 11.8 Å². The van der Waals surface area contributed by atoms with E-state index in [0.29, 0.717) is 18.8 Å². The maximum absolute atomic E-state index is 11.7. The van der Waals surface area contributed by atoms with Crippen LogP contribution in [0.3, 0.4) is 0 Å². The molecule has 3 amide bonds. The third kappa shape index (κ3) is 3.71. The van der Waals surface area contributed by atoms with Crippen LogP contribution in [-0.2, 0) is 4.79 Å². The van der Waals surface area contributed by atoms with E-state index in [4.69, 9.17) is 0 Å². The number of urea groups is 1. The Labute approximate surface area is 116 Å². The van der Waals surface area contributed by atoms with Crippen LogP contribution in [0.1, 0.15) is 11.7 Å². The molecule has 0 saturated carbocycles. The van der Waals surface area contributed by atoms with Crippen molar-refractivity contribution in [3.05, 3.63) is 35.9 Å². The van der Waals surface area contributed by atoms with Gasteiger partial charge >= 0.3 is 6.03 Å². The SMILES string of the molecule is O=C(CSC[C@H](O)c1ccccc1)N1CCNC1=O. The first kappa shape index (κ1) is 13.9. The molecule has 0 unspecified atom stereocenters. The zero-order valence-corrected chi connectivity index (χ0v) is 11.2. The second-order valence-electron chi connectivity index (χ2n) is 4.22. The fraction of sp³-hybridized carbons (Fsp3) is 0.385. The molecule has 0 aliphatic carbocycles. The Morgan fingerprint density at radius 2 is 2.16 bits per heavy atom. The third-order valence-corrected chi connectivity index (χ3v) is 3.85. The van der Waals surface area contributed by atoms with Crippen LogP contribution in [0.5, 0.6) is 0 Å². The van der Waals surface area contributed by atoms with Crippen LogP contribution in [0.15, 0.2) is 30.3 Å². The maximum atomic E-state index is 11.7. The van der Waals surface area contributed by atoms with Gasteiger partial charge in [0.25, 0.3) is 0 Å². The number of carbonyl (C=O) groups is 2. The van der Waals surface area contributed by atoms with E-state index in [-0.39, 0.29) is 17.7 Å². The topological polar surface area (TPSA) is 69.6 Å². The van der Waals surface area contributed by atoms with Gasteiger partial charge in [-0.05, 0) is 5.56 Å². The van der Waals surface area contributed by atoms with Crippen LogP contribution in [0.2, 0.25) is 0 Å². The minimum atomic E-state index is -0.591. The molecule has 102 valence electrons. The number of amides is 3. The average molecular weight is 280 g/mol. The highest BCUT2D eigenvalue weighted by Gasteiger charge is 2.25. The molecule has 2 rings (SSSR count). The van der Waals surface area contributed by atoms with Gasteiger partial charge in [-0.1, -0.05) is 30.3 Å². The monoisotopic (exact) mass is 280 g/mol. The third-order valence-electron chi connectivity index (χ3n) is 2.84. The van der Waals surface area contributed by atoms with E-state index in [1.165, 1.54) is 16.7 Å². The molecule has 1 aromatic rings. The molecule has 0 spiro atoms. The van der Waals surface area contributed by atoms with Crippen molar-refractivity contribution >= 4 is 23.7 Å². The van der Waals surface area contributed by atoms with Gasteiger partial charge < -0.3 is 10.4 Å². The summed E-state index contributed by atoms with van der Waals surface area (Å²) in [4.78, 5) is 24.2. The van der Waals surface area contributed by atoms with Crippen LogP contribution < -0.4 is 5.32 Å². The Balaban J connectivity index is 1.74. The molecule has 1 aromatic carbocycles. The first-order valence-corrected chi connectivity index (χ1v) is 7.23. The fourth-order valence-corrected chi connectivity index (χ4v) is 2.68. The lowest BCUT2D eigenvalue weighted by atomic mass is 10.1. The quantitative estimate of drug-likeness (QED) is 0.844. The number of hydrogen-bond acceptors (Lipinski definition) is 4. The van der Waals surface area contributed by atoms with Crippen molar-refractivity contribution in [2.24, 2.45) is 0 Å². The van der Waals surface area contributed by atoms with E-state index < -0.39 is 6.10 Å². The number of aliphatic hydroxyl groups is 1. The van der Waals surface area contributed by atoms with E-state index in [9.17, 15) is 14.7 Å². The molecule has 19 heavy (non-hydrogen) atoms. The molecule has 0 aromatic heterocycles. The normalized spacial score (nSPS) is 16.3. The Morgan fingerprint density at radius 1 is 1.42 bits per heavy atom. The Kier molecular flexibility index (Phi) is 4.81. The Hall–Kier alpha value is -1.53. The van der Waals surface area contributed by atoms with Gasteiger partial charge in [0.15, 0.2) is 0 Å². The fourth-order valence-electron chi connectivity index (χ4n) is 1.82. The van der Waals surface area contributed by atoms with Gasteiger partial charge in [-0.3, -0.25) is 9.69 Å². The molecule has 1 fully saturated rings. The average Bonchev–Trinajstić information content (AvgIpc) is 2.86. The summed E-state index contributed by atoms with van der Waals surface area (Å²) in [6.07, 6.45) is -0.591. The molecule has 1 aliphatic rings. The molecule has 0 radical (unpaired) electrons. The van der Waals surface area contributed by atoms with Gasteiger partial charge in [0, 0.05) is 18.8 Å². The van der Waals surface area contributed by atoms with E-state index in [1.54, 1.807) is 0 Å². The number of benzene rings is 1. The highest BCUT2D eigenvalue weighted by atomic mass is 32.2. The predicted octanol–water partition coefficient (Wildman–Crippen LogP) is 1.01. The molecule has 1 atom stereocenters. The van der Waals surface area contributed by atoms with Crippen LogP contribution in [0.25, 0.3) is 0 Å². The molecular formula is C13H16N2O3S. The van der Waals surface area contributed by atoms with Gasteiger partial charge in [-0.25, -0.2) is 4.79 Å². The van der Waals surface area contributed by atoms with Gasteiger partial charge in [-0.2, -0.15) is 0 Å². The predicted molar refractivity (Wildman–Crippen MR) is 73.8 cm³/mol. The summed E-state index contributed by atoms with van der Waals surface area (Å²) in [5.74, 6) is 0.433. The van der Waals surface area contributed by atoms with E-state index >= 15 is 0 Å². The van der Waals surface area contributed by atoms with Crippen LogP contribution in [0.4, 0.5) is 4.79 Å². The summed E-state index contributed by atoms with van der Waals surface area (Å²) < 4.78 is 0.